The number of carbonyl (C=O) groups excluding carboxylic acids is 1. The molecular formula is C25H28N4O3. The lowest BCUT2D eigenvalue weighted by Crippen LogP contribution is -2.38. The summed E-state index contributed by atoms with van der Waals surface area (Å²) in [5.74, 6) is 1.12. The molecule has 32 heavy (non-hydrogen) atoms. The van der Waals surface area contributed by atoms with Crippen molar-refractivity contribution in [3.8, 4) is 0 Å². The number of hydrogen-bond donors (Lipinski definition) is 0. The Balaban J connectivity index is 1.32. The van der Waals surface area contributed by atoms with Crippen molar-refractivity contribution in [2.24, 2.45) is 5.92 Å². The van der Waals surface area contributed by atoms with Crippen LogP contribution in [0.25, 0.3) is 10.8 Å². The van der Waals surface area contributed by atoms with Gasteiger partial charge in [0.15, 0.2) is 0 Å². The number of ether oxygens (including phenoxy) is 2. The second-order valence-electron chi connectivity index (χ2n) is 8.41. The van der Waals surface area contributed by atoms with Gasteiger partial charge in [-0.15, -0.1) is 0 Å². The molecule has 2 saturated heterocycles. The van der Waals surface area contributed by atoms with Gasteiger partial charge in [-0.25, -0.2) is 4.98 Å². The van der Waals surface area contributed by atoms with Gasteiger partial charge in [0.1, 0.15) is 5.82 Å². The first-order chi connectivity index (χ1) is 15.8. The third-order valence-corrected chi connectivity index (χ3v) is 6.23. The number of anilines is 1. The standard InChI is InChI=1S/C25H28N4O3/c30-25(21-4-7-27-24(15-21)28-8-11-31-12-9-28)29-10-13-32-18-19(17-29)14-20-2-1-3-22-16-26-6-5-23(20)22/h1-7,15-16,19H,8-14,17-18H2/t19-/m1/s1. The summed E-state index contributed by atoms with van der Waals surface area (Å²) in [6.45, 7) is 5.46. The van der Waals surface area contributed by atoms with Crippen LogP contribution in [0.5, 0.6) is 0 Å². The maximum atomic E-state index is 13.4. The van der Waals surface area contributed by atoms with Crippen LogP contribution in [0, 0.1) is 5.92 Å². The van der Waals surface area contributed by atoms with Crippen LogP contribution >= 0.6 is 0 Å². The highest BCUT2D eigenvalue weighted by atomic mass is 16.5. The predicted molar refractivity (Wildman–Crippen MR) is 123 cm³/mol. The van der Waals surface area contributed by atoms with Crippen molar-refractivity contribution < 1.29 is 14.3 Å². The van der Waals surface area contributed by atoms with Crippen molar-refractivity contribution in [3.63, 3.8) is 0 Å². The van der Waals surface area contributed by atoms with E-state index in [-0.39, 0.29) is 11.8 Å². The monoisotopic (exact) mass is 432 g/mol. The molecule has 2 aromatic heterocycles. The van der Waals surface area contributed by atoms with Crippen molar-refractivity contribution >= 4 is 22.5 Å². The zero-order valence-electron chi connectivity index (χ0n) is 18.2. The van der Waals surface area contributed by atoms with E-state index in [1.165, 1.54) is 10.9 Å². The number of rotatable bonds is 4. The van der Waals surface area contributed by atoms with E-state index in [1.54, 1.807) is 6.20 Å². The maximum Gasteiger partial charge on any atom is 0.254 e. The van der Waals surface area contributed by atoms with Crippen molar-refractivity contribution in [2.45, 2.75) is 6.42 Å². The van der Waals surface area contributed by atoms with E-state index in [9.17, 15) is 4.79 Å². The Morgan fingerprint density at radius 2 is 1.91 bits per heavy atom. The molecule has 0 N–H and O–H groups in total. The first-order valence-corrected chi connectivity index (χ1v) is 11.3. The molecule has 2 fully saturated rings. The summed E-state index contributed by atoms with van der Waals surface area (Å²) >= 11 is 0. The zero-order chi connectivity index (χ0) is 21.8. The molecule has 1 atom stereocenters. The number of carbonyl (C=O) groups is 1. The van der Waals surface area contributed by atoms with Crippen molar-refractivity contribution in [1.29, 1.82) is 0 Å². The van der Waals surface area contributed by atoms with Gasteiger partial charge < -0.3 is 19.3 Å². The second-order valence-corrected chi connectivity index (χ2v) is 8.41. The first kappa shape index (κ1) is 20.8. The number of aromatic nitrogens is 2. The molecule has 0 bridgehead atoms. The molecule has 0 unspecified atom stereocenters. The Labute approximate surface area is 188 Å². The molecule has 1 amide bonds. The van der Waals surface area contributed by atoms with Gasteiger partial charge in [0, 0.05) is 61.6 Å². The average molecular weight is 433 g/mol. The van der Waals surface area contributed by atoms with Crippen LogP contribution in [0.4, 0.5) is 5.82 Å². The normalized spacial score (nSPS) is 19.7. The Kier molecular flexibility index (Phi) is 6.27. The fourth-order valence-electron chi connectivity index (χ4n) is 4.57. The molecule has 2 aliphatic rings. The maximum absolute atomic E-state index is 13.4. The van der Waals surface area contributed by atoms with Crippen molar-refractivity contribution in [1.82, 2.24) is 14.9 Å². The van der Waals surface area contributed by atoms with Crippen LogP contribution < -0.4 is 4.90 Å². The summed E-state index contributed by atoms with van der Waals surface area (Å²) in [5, 5.41) is 2.36. The highest BCUT2D eigenvalue weighted by Gasteiger charge is 2.25. The molecular weight excluding hydrogens is 404 g/mol. The van der Waals surface area contributed by atoms with Crippen LogP contribution in [-0.2, 0) is 15.9 Å². The third-order valence-electron chi connectivity index (χ3n) is 6.23. The Morgan fingerprint density at radius 1 is 1.03 bits per heavy atom. The van der Waals surface area contributed by atoms with Crippen molar-refractivity contribution in [3.05, 3.63) is 66.1 Å². The van der Waals surface area contributed by atoms with Gasteiger partial charge in [-0.05, 0) is 35.6 Å². The van der Waals surface area contributed by atoms with Crippen molar-refractivity contribution in [2.75, 3.05) is 57.5 Å². The minimum atomic E-state index is 0.0412. The fraction of sp³-hybridized carbons (Fsp3) is 0.400. The fourth-order valence-corrected chi connectivity index (χ4v) is 4.57. The molecule has 0 saturated carbocycles. The van der Waals surface area contributed by atoms with E-state index in [2.05, 4.69) is 39.1 Å². The summed E-state index contributed by atoms with van der Waals surface area (Å²) in [4.78, 5) is 26.2. The molecule has 7 nitrogen and oxygen atoms in total. The van der Waals surface area contributed by atoms with Gasteiger partial charge >= 0.3 is 0 Å². The van der Waals surface area contributed by atoms with E-state index < -0.39 is 0 Å². The van der Waals surface area contributed by atoms with E-state index in [1.807, 2.05) is 29.4 Å². The average Bonchev–Trinajstić information content (AvgIpc) is 3.10. The molecule has 2 aliphatic heterocycles. The highest BCUT2D eigenvalue weighted by molar-refractivity contribution is 5.95. The number of pyridine rings is 2. The Hall–Kier alpha value is -3.03. The summed E-state index contributed by atoms with van der Waals surface area (Å²) in [6.07, 6.45) is 6.32. The summed E-state index contributed by atoms with van der Waals surface area (Å²) in [5.41, 5.74) is 1.95. The minimum Gasteiger partial charge on any atom is -0.379 e. The van der Waals surface area contributed by atoms with E-state index in [0.717, 1.165) is 30.7 Å². The number of benzene rings is 1. The Bertz CT molecular complexity index is 1080. The smallest absolute Gasteiger partial charge is 0.254 e. The quantitative estimate of drug-likeness (QED) is 0.632. The summed E-state index contributed by atoms with van der Waals surface area (Å²) in [7, 11) is 0. The molecule has 5 rings (SSSR count). The van der Waals surface area contributed by atoms with Crippen LogP contribution in [0.1, 0.15) is 15.9 Å². The number of hydrogen-bond acceptors (Lipinski definition) is 6. The highest BCUT2D eigenvalue weighted by Crippen LogP contribution is 2.23. The number of morpholine rings is 1. The number of nitrogens with zero attached hydrogens (tertiary/aromatic N) is 4. The van der Waals surface area contributed by atoms with E-state index >= 15 is 0 Å². The number of amides is 1. The minimum absolute atomic E-state index is 0.0412. The van der Waals surface area contributed by atoms with Gasteiger partial charge in [-0.2, -0.15) is 0 Å². The largest absolute Gasteiger partial charge is 0.379 e. The van der Waals surface area contributed by atoms with Crippen LogP contribution in [0.15, 0.2) is 55.0 Å². The first-order valence-electron chi connectivity index (χ1n) is 11.3. The van der Waals surface area contributed by atoms with Crippen LogP contribution in [0.2, 0.25) is 0 Å². The molecule has 1 aromatic carbocycles. The Morgan fingerprint density at radius 3 is 2.81 bits per heavy atom. The second kappa shape index (κ2) is 9.63. The van der Waals surface area contributed by atoms with E-state index in [0.29, 0.717) is 45.1 Å². The van der Waals surface area contributed by atoms with Gasteiger partial charge in [-0.3, -0.25) is 9.78 Å². The molecule has 4 heterocycles. The lowest BCUT2D eigenvalue weighted by atomic mass is 9.95. The third kappa shape index (κ3) is 4.59. The van der Waals surface area contributed by atoms with Crippen LogP contribution in [-0.4, -0.2) is 73.4 Å². The number of fused-ring (bicyclic) bond motifs is 1. The molecule has 3 aromatic rings. The van der Waals surface area contributed by atoms with Gasteiger partial charge in [0.05, 0.1) is 26.4 Å². The molecule has 166 valence electrons. The topological polar surface area (TPSA) is 67.8 Å². The molecule has 0 radical (unpaired) electrons. The van der Waals surface area contributed by atoms with E-state index in [4.69, 9.17) is 9.47 Å². The van der Waals surface area contributed by atoms with Crippen LogP contribution in [0.3, 0.4) is 0 Å². The predicted octanol–water partition coefficient (Wildman–Crippen LogP) is 2.80. The SMILES string of the molecule is O=C(c1ccnc(N2CCOCC2)c1)N1CCOC[C@H](Cc2cccc3cnccc23)C1. The zero-order valence-corrected chi connectivity index (χ0v) is 18.2. The lowest BCUT2D eigenvalue weighted by Gasteiger charge is -2.28. The molecule has 0 aliphatic carbocycles. The summed E-state index contributed by atoms with van der Waals surface area (Å²) < 4.78 is 11.3. The molecule has 0 spiro atoms. The lowest BCUT2D eigenvalue weighted by molar-refractivity contribution is 0.0737. The van der Waals surface area contributed by atoms with Gasteiger partial charge in [0.2, 0.25) is 0 Å². The van der Waals surface area contributed by atoms with Gasteiger partial charge in [-0.1, -0.05) is 18.2 Å². The summed E-state index contributed by atoms with van der Waals surface area (Å²) in [6, 6.07) is 12.1. The molecule has 7 heteroatoms. The van der Waals surface area contributed by atoms with Gasteiger partial charge in [0.25, 0.3) is 5.91 Å².